The monoisotopic (exact) mass is 387 g/mol. The van der Waals surface area contributed by atoms with Crippen LogP contribution >= 0.6 is 11.3 Å². The Balaban J connectivity index is 1.55. The first-order chi connectivity index (χ1) is 13.0. The third-order valence-electron chi connectivity index (χ3n) is 4.34. The number of amides is 2. The molecule has 1 atom stereocenters. The number of esters is 1. The van der Waals surface area contributed by atoms with Crippen LogP contribution in [0, 0.1) is 12.8 Å². The molecule has 2 amide bonds. The van der Waals surface area contributed by atoms with Crippen molar-refractivity contribution >= 4 is 39.9 Å². The first kappa shape index (κ1) is 19.0. The number of aryl methyl sites for hydroxylation is 1. The van der Waals surface area contributed by atoms with Gasteiger partial charge in [-0.05, 0) is 38.3 Å². The predicted octanol–water partition coefficient (Wildman–Crippen LogP) is 3.16. The van der Waals surface area contributed by atoms with Gasteiger partial charge in [0.25, 0.3) is 0 Å². The summed E-state index contributed by atoms with van der Waals surface area (Å²) in [5.74, 6) is -0.966. The maximum absolute atomic E-state index is 12.2. The summed E-state index contributed by atoms with van der Waals surface area (Å²) in [4.78, 5) is 40.8. The second-order valence-corrected chi connectivity index (χ2v) is 7.29. The number of carbonyl (C=O) groups is 3. The van der Waals surface area contributed by atoms with Crippen LogP contribution in [0.4, 0.5) is 10.8 Å². The average Bonchev–Trinajstić information content (AvgIpc) is 3.00. The Morgan fingerprint density at radius 1 is 1.37 bits per heavy atom. The molecule has 2 aromatic rings. The molecular weight excluding hydrogens is 366 g/mol. The second kappa shape index (κ2) is 8.30. The number of carbonyl (C=O) groups excluding carboxylic acids is 3. The van der Waals surface area contributed by atoms with Crippen LogP contribution in [0.2, 0.25) is 0 Å². The fraction of sp³-hybridized carbons (Fsp3) is 0.368. The molecule has 1 aliphatic heterocycles. The van der Waals surface area contributed by atoms with E-state index in [1.165, 1.54) is 0 Å². The topological polar surface area (TPSA) is 97.4 Å². The summed E-state index contributed by atoms with van der Waals surface area (Å²) in [6.07, 6.45) is 1.27. The predicted molar refractivity (Wildman–Crippen MR) is 103 cm³/mol. The van der Waals surface area contributed by atoms with Crippen LogP contribution in [-0.4, -0.2) is 29.4 Å². The van der Waals surface area contributed by atoms with E-state index >= 15 is 0 Å². The maximum atomic E-state index is 12.2. The van der Waals surface area contributed by atoms with Gasteiger partial charge in [-0.1, -0.05) is 29.5 Å². The lowest BCUT2D eigenvalue weighted by Gasteiger charge is -2.24. The van der Waals surface area contributed by atoms with Gasteiger partial charge in [-0.3, -0.25) is 9.59 Å². The summed E-state index contributed by atoms with van der Waals surface area (Å²) in [5.41, 5.74) is 2.45. The van der Waals surface area contributed by atoms with Crippen molar-refractivity contribution in [2.45, 2.75) is 33.1 Å². The Kier molecular flexibility index (Phi) is 5.85. The Labute approximate surface area is 161 Å². The van der Waals surface area contributed by atoms with Gasteiger partial charge in [0.15, 0.2) is 5.13 Å². The lowest BCUT2D eigenvalue weighted by atomic mass is 9.89. The molecule has 0 fully saturated rings. The highest BCUT2D eigenvalue weighted by molar-refractivity contribution is 7.17. The molecule has 8 heteroatoms. The number of hydrogen-bond acceptors (Lipinski definition) is 6. The van der Waals surface area contributed by atoms with Crippen molar-refractivity contribution in [1.82, 2.24) is 4.98 Å². The van der Waals surface area contributed by atoms with Crippen LogP contribution in [0.25, 0.3) is 0 Å². The van der Waals surface area contributed by atoms with E-state index in [0.29, 0.717) is 28.5 Å². The number of nitrogens with zero attached hydrogens (tertiary/aromatic N) is 1. The minimum absolute atomic E-state index is 0.0591. The highest BCUT2D eigenvalue weighted by Crippen LogP contribution is 2.28. The second-order valence-electron chi connectivity index (χ2n) is 6.29. The largest absolute Gasteiger partial charge is 0.462 e. The van der Waals surface area contributed by atoms with Crippen molar-refractivity contribution in [1.29, 1.82) is 0 Å². The van der Waals surface area contributed by atoms with E-state index in [1.54, 1.807) is 13.8 Å². The van der Waals surface area contributed by atoms with E-state index in [1.807, 2.05) is 24.3 Å². The molecule has 3 rings (SSSR count). The van der Waals surface area contributed by atoms with Gasteiger partial charge in [0, 0.05) is 18.0 Å². The Hall–Kier alpha value is -2.74. The molecular formula is C19H21N3O4S. The molecule has 1 aliphatic rings. The van der Waals surface area contributed by atoms with Gasteiger partial charge in [0.1, 0.15) is 4.88 Å². The normalized spacial score (nSPS) is 15.6. The molecule has 27 heavy (non-hydrogen) atoms. The molecule has 0 bridgehead atoms. The van der Waals surface area contributed by atoms with Crippen molar-refractivity contribution in [2.24, 2.45) is 5.92 Å². The quantitative estimate of drug-likeness (QED) is 0.742. The Morgan fingerprint density at radius 2 is 2.15 bits per heavy atom. The van der Waals surface area contributed by atoms with Gasteiger partial charge in [0.2, 0.25) is 11.8 Å². The van der Waals surface area contributed by atoms with E-state index in [0.717, 1.165) is 22.6 Å². The van der Waals surface area contributed by atoms with Crippen LogP contribution in [-0.2, 0) is 20.7 Å². The summed E-state index contributed by atoms with van der Waals surface area (Å²) in [6, 6.07) is 7.68. The number of fused-ring (bicyclic) bond motifs is 1. The fourth-order valence-electron chi connectivity index (χ4n) is 2.97. The van der Waals surface area contributed by atoms with Crippen LogP contribution in [0.5, 0.6) is 0 Å². The number of ether oxygens (including phenoxy) is 1. The van der Waals surface area contributed by atoms with E-state index in [9.17, 15) is 14.4 Å². The molecule has 2 heterocycles. The molecule has 7 nitrogen and oxygen atoms in total. The first-order valence-electron chi connectivity index (χ1n) is 8.81. The zero-order valence-electron chi connectivity index (χ0n) is 15.2. The molecule has 0 spiro atoms. The third-order valence-corrected chi connectivity index (χ3v) is 5.39. The maximum Gasteiger partial charge on any atom is 0.350 e. The molecule has 2 N–H and O–H groups in total. The molecule has 1 aromatic heterocycles. The summed E-state index contributed by atoms with van der Waals surface area (Å²) in [7, 11) is 0. The van der Waals surface area contributed by atoms with Gasteiger partial charge < -0.3 is 15.4 Å². The number of aromatic nitrogens is 1. The van der Waals surface area contributed by atoms with Crippen LogP contribution in [0.15, 0.2) is 24.3 Å². The molecule has 142 valence electrons. The van der Waals surface area contributed by atoms with Gasteiger partial charge in [0.05, 0.1) is 12.3 Å². The Bertz CT molecular complexity index is 878. The number of thiazole rings is 1. The summed E-state index contributed by atoms with van der Waals surface area (Å²) in [6.45, 7) is 3.71. The van der Waals surface area contributed by atoms with Crippen molar-refractivity contribution in [3.05, 3.63) is 40.4 Å². The smallest absolute Gasteiger partial charge is 0.350 e. The standard InChI is InChI=1S/C19H21N3O4S/c1-3-26-18(25)16-11(2)20-19(27-16)22-15(23)9-8-13-10-12-6-4-5-7-14(12)21-17(13)24/h4-7,13H,3,8-10H2,1-2H3,(H,21,24)(H,20,22,23)/t13-/m0/s1. The van der Waals surface area contributed by atoms with Gasteiger partial charge in [-0.25, -0.2) is 9.78 Å². The summed E-state index contributed by atoms with van der Waals surface area (Å²) in [5, 5.41) is 5.95. The number of hydrogen-bond donors (Lipinski definition) is 2. The van der Waals surface area contributed by atoms with Gasteiger partial charge in [-0.2, -0.15) is 0 Å². The van der Waals surface area contributed by atoms with Crippen molar-refractivity contribution < 1.29 is 19.1 Å². The minimum Gasteiger partial charge on any atom is -0.462 e. The lowest BCUT2D eigenvalue weighted by Crippen LogP contribution is -2.30. The highest BCUT2D eigenvalue weighted by atomic mass is 32.1. The van der Waals surface area contributed by atoms with E-state index in [2.05, 4.69) is 15.6 Å². The van der Waals surface area contributed by atoms with Crippen LogP contribution in [0.3, 0.4) is 0 Å². The molecule has 0 unspecified atom stereocenters. The average molecular weight is 387 g/mol. The number of para-hydroxylation sites is 1. The zero-order valence-corrected chi connectivity index (χ0v) is 16.0. The number of nitrogens with one attached hydrogen (secondary N) is 2. The SMILES string of the molecule is CCOC(=O)c1sc(NC(=O)CC[C@H]2Cc3ccccc3NC2=O)nc1C. The first-order valence-corrected chi connectivity index (χ1v) is 9.62. The van der Waals surface area contributed by atoms with Crippen molar-refractivity contribution in [3.63, 3.8) is 0 Å². The zero-order chi connectivity index (χ0) is 19.4. The lowest BCUT2D eigenvalue weighted by molar-refractivity contribution is -0.121. The molecule has 0 aliphatic carbocycles. The van der Waals surface area contributed by atoms with Crippen molar-refractivity contribution in [2.75, 3.05) is 17.2 Å². The van der Waals surface area contributed by atoms with Crippen molar-refractivity contribution in [3.8, 4) is 0 Å². The molecule has 0 saturated carbocycles. The van der Waals surface area contributed by atoms with Gasteiger partial charge >= 0.3 is 5.97 Å². The molecule has 0 saturated heterocycles. The molecule has 1 aromatic carbocycles. The summed E-state index contributed by atoms with van der Waals surface area (Å²) < 4.78 is 4.97. The van der Waals surface area contributed by atoms with Crippen LogP contribution < -0.4 is 10.6 Å². The fourth-order valence-corrected chi connectivity index (χ4v) is 3.85. The third kappa shape index (κ3) is 4.51. The van der Waals surface area contributed by atoms with E-state index in [-0.39, 0.29) is 30.8 Å². The number of anilines is 2. The molecule has 0 radical (unpaired) electrons. The highest BCUT2D eigenvalue weighted by Gasteiger charge is 2.26. The van der Waals surface area contributed by atoms with E-state index < -0.39 is 5.97 Å². The van der Waals surface area contributed by atoms with E-state index in [4.69, 9.17) is 4.74 Å². The summed E-state index contributed by atoms with van der Waals surface area (Å²) >= 11 is 1.09. The Morgan fingerprint density at radius 3 is 2.93 bits per heavy atom. The van der Waals surface area contributed by atoms with Crippen LogP contribution in [0.1, 0.15) is 40.7 Å². The minimum atomic E-state index is -0.439. The van der Waals surface area contributed by atoms with Gasteiger partial charge in [-0.15, -0.1) is 0 Å². The number of rotatable bonds is 6. The number of benzene rings is 1.